The second-order valence-electron chi connectivity index (χ2n) is 8.03. The number of likely N-dealkylation sites (tertiary alicyclic amines) is 1. The monoisotopic (exact) mass is 393 g/mol. The molecular weight excluding hydrogens is 360 g/mol. The van der Waals surface area contributed by atoms with Gasteiger partial charge in [-0.25, -0.2) is 8.78 Å². The minimum atomic E-state index is -2.60. The van der Waals surface area contributed by atoms with Crippen LogP contribution < -0.4 is 15.8 Å². The summed E-state index contributed by atoms with van der Waals surface area (Å²) >= 11 is 0. The van der Waals surface area contributed by atoms with E-state index in [2.05, 4.69) is 30.6 Å². The molecule has 1 heterocycles. The largest absolute Gasteiger partial charge is 0.380 e. The highest BCUT2D eigenvalue weighted by molar-refractivity contribution is 5.95. The first-order chi connectivity index (χ1) is 13.1. The molecule has 1 aliphatic heterocycles. The van der Waals surface area contributed by atoms with Crippen molar-refractivity contribution in [3.63, 3.8) is 0 Å². The van der Waals surface area contributed by atoms with E-state index in [0.717, 1.165) is 29.0 Å². The van der Waals surface area contributed by atoms with Gasteiger partial charge in [0.2, 0.25) is 0 Å². The van der Waals surface area contributed by atoms with Gasteiger partial charge in [-0.1, -0.05) is 32.9 Å². The first-order valence-corrected chi connectivity index (χ1v) is 10.0. The molecule has 6 heteroatoms. The quantitative estimate of drug-likeness (QED) is 0.736. The summed E-state index contributed by atoms with van der Waals surface area (Å²) < 4.78 is 26.5. The lowest BCUT2D eigenvalue weighted by Crippen LogP contribution is -2.37. The summed E-state index contributed by atoms with van der Waals surface area (Å²) in [6, 6.07) is 3.63. The Morgan fingerprint density at radius 2 is 2.18 bits per heavy atom. The van der Waals surface area contributed by atoms with Gasteiger partial charge in [-0.2, -0.15) is 0 Å². The molecule has 4 nitrogen and oxygen atoms in total. The fourth-order valence-electron chi connectivity index (χ4n) is 3.52. The number of nitrogens with one attached hydrogen (secondary N) is 1. The minimum absolute atomic E-state index is 0.103. The third kappa shape index (κ3) is 6.03. The highest BCUT2D eigenvalue weighted by Gasteiger charge is 2.37. The Balaban J connectivity index is 2.05. The van der Waals surface area contributed by atoms with Crippen LogP contribution in [0.2, 0.25) is 0 Å². The molecule has 28 heavy (non-hydrogen) atoms. The molecule has 1 aromatic carbocycles. The van der Waals surface area contributed by atoms with E-state index in [1.54, 1.807) is 11.0 Å². The molecule has 1 amide bonds. The Bertz CT molecular complexity index is 794. The van der Waals surface area contributed by atoms with E-state index in [1.165, 1.54) is 0 Å². The summed E-state index contributed by atoms with van der Waals surface area (Å²) in [5.74, 6) is -2.20. The predicted molar refractivity (Wildman–Crippen MR) is 111 cm³/mol. The maximum atomic E-state index is 13.2. The maximum absolute atomic E-state index is 13.2. The Kier molecular flexibility index (Phi) is 7.58. The van der Waals surface area contributed by atoms with Gasteiger partial charge in [0.15, 0.2) is 0 Å². The highest BCUT2D eigenvalue weighted by atomic mass is 19.3. The van der Waals surface area contributed by atoms with Gasteiger partial charge in [0, 0.05) is 56.6 Å². The van der Waals surface area contributed by atoms with E-state index in [1.807, 2.05) is 26.2 Å². The lowest BCUT2D eigenvalue weighted by atomic mass is 10.0. The van der Waals surface area contributed by atoms with Gasteiger partial charge in [0.25, 0.3) is 11.8 Å². The predicted octanol–water partition coefficient (Wildman–Crippen LogP) is 2.19. The van der Waals surface area contributed by atoms with Crippen molar-refractivity contribution in [3.05, 3.63) is 33.7 Å². The zero-order chi connectivity index (χ0) is 20.9. The first-order valence-electron chi connectivity index (χ1n) is 10.0. The molecule has 0 bridgehead atoms. The summed E-state index contributed by atoms with van der Waals surface area (Å²) in [6.07, 6.45) is 3.06. The molecule has 1 N–H and O–H groups in total. The zero-order valence-electron chi connectivity index (χ0n) is 17.5. The number of alkyl halides is 2. The van der Waals surface area contributed by atoms with Crippen molar-refractivity contribution in [3.8, 4) is 0 Å². The van der Waals surface area contributed by atoms with Gasteiger partial charge >= 0.3 is 0 Å². The summed E-state index contributed by atoms with van der Waals surface area (Å²) in [5, 5.41) is 4.70. The van der Waals surface area contributed by atoms with E-state index in [-0.39, 0.29) is 18.9 Å². The molecule has 0 saturated carbocycles. The van der Waals surface area contributed by atoms with Crippen LogP contribution in [0.4, 0.5) is 8.78 Å². The average Bonchev–Trinajstić information content (AvgIpc) is 2.97. The molecule has 156 valence electrons. The van der Waals surface area contributed by atoms with E-state index in [0.29, 0.717) is 31.1 Å². The van der Waals surface area contributed by atoms with Crippen molar-refractivity contribution in [1.29, 1.82) is 0 Å². The molecule has 1 fully saturated rings. The van der Waals surface area contributed by atoms with Crippen LogP contribution >= 0.6 is 0 Å². The molecule has 1 unspecified atom stereocenters. The third-order valence-corrected chi connectivity index (χ3v) is 5.46. The van der Waals surface area contributed by atoms with Crippen LogP contribution in [0.5, 0.6) is 0 Å². The Labute approximate surface area is 166 Å². The number of benzene rings is 1. The van der Waals surface area contributed by atoms with Crippen LogP contribution in [0.3, 0.4) is 0 Å². The smallest absolute Gasteiger partial charge is 0.261 e. The number of carbonyl (C=O) groups is 1. The van der Waals surface area contributed by atoms with Crippen LogP contribution in [0.15, 0.2) is 12.1 Å². The number of amides is 1. The summed E-state index contributed by atoms with van der Waals surface area (Å²) in [7, 11) is 2.03. The van der Waals surface area contributed by atoms with Crippen LogP contribution in [0.25, 0.3) is 12.8 Å². The SMILES string of the molecule is C=c1ccc(C(=O)NCCN2CCC(F)(F)C2)c(C)/c1=C/N(C)CC(C)CC. The van der Waals surface area contributed by atoms with E-state index in [4.69, 9.17) is 0 Å². The number of nitrogens with zero attached hydrogens (tertiary/aromatic N) is 2. The number of carbonyl (C=O) groups excluding carboxylic acids is 1. The van der Waals surface area contributed by atoms with Crippen LogP contribution in [0.1, 0.15) is 42.6 Å². The average molecular weight is 394 g/mol. The second-order valence-corrected chi connectivity index (χ2v) is 8.03. The molecular formula is C22H33F2N3O. The molecule has 1 aliphatic rings. The highest BCUT2D eigenvalue weighted by Crippen LogP contribution is 2.26. The Morgan fingerprint density at radius 1 is 1.46 bits per heavy atom. The Hall–Kier alpha value is -1.95. The fraction of sp³-hybridized carbons (Fsp3) is 0.591. The van der Waals surface area contributed by atoms with Gasteiger partial charge < -0.3 is 10.2 Å². The number of rotatable bonds is 8. The topological polar surface area (TPSA) is 35.6 Å². The van der Waals surface area contributed by atoms with Gasteiger partial charge in [-0.3, -0.25) is 9.69 Å². The first kappa shape index (κ1) is 22.3. The third-order valence-electron chi connectivity index (χ3n) is 5.46. The normalized spacial score (nSPS) is 18.3. The molecule has 0 aliphatic carbocycles. The van der Waals surface area contributed by atoms with Crippen molar-refractivity contribution in [2.75, 3.05) is 39.8 Å². The lowest BCUT2D eigenvalue weighted by molar-refractivity contribution is 0.0124. The van der Waals surface area contributed by atoms with E-state index >= 15 is 0 Å². The van der Waals surface area contributed by atoms with Crippen molar-refractivity contribution in [2.24, 2.45) is 5.92 Å². The van der Waals surface area contributed by atoms with Crippen molar-refractivity contribution >= 4 is 18.7 Å². The minimum Gasteiger partial charge on any atom is -0.380 e. The molecule has 1 saturated heterocycles. The summed E-state index contributed by atoms with van der Waals surface area (Å²) in [5.41, 5.74) is 1.48. The number of halogens is 2. The lowest BCUT2D eigenvalue weighted by Gasteiger charge is -2.19. The molecule has 1 atom stereocenters. The number of hydrogen-bond donors (Lipinski definition) is 1. The van der Waals surface area contributed by atoms with Crippen LogP contribution in [0, 0.1) is 12.8 Å². The molecule has 0 aromatic heterocycles. The maximum Gasteiger partial charge on any atom is 0.261 e. The van der Waals surface area contributed by atoms with Gasteiger partial charge in [-0.15, -0.1) is 0 Å². The van der Waals surface area contributed by atoms with E-state index in [9.17, 15) is 13.6 Å². The van der Waals surface area contributed by atoms with E-state index < -0.39 is 5.92 Å². The standard InChI is InChI=1S/C22H33F2N3O/c1-6-16(2)13-26(5)14-20-17(3)7-8-19(18(20)4)21(28)25-10-12-27-11-9-22(23,24)15-27/h7-8,14,16H,3,6,9-13,15H2,1-2,4-5H3,(H,25,28)/b20-14+. The van der Waals surface area contributed by atoms with Gasteiger partial charge in [-0.05, 0) is 29.7 Å². The van der Waals surface area contributed by atoms with Gasteiger partial charge in [0.1, 0.15) is 0 Å². The molecule has 2 rings (SSSR count). The number of hydrogen-bond acceptors (Lipinski definition) is 3. The zero-order valence-corrected chi connectivity index (χ0v) is 17.5. The Morgan fingerprint density at radius 3 is 2.79 bits per heavy atom. The van der Waals surface area contributed by atoms with Gasteiger partial charge in [0.05, 0.1) is 6.54 Å². The second kappa shape index (κ2) is 9.50. The molecule has 0 spiro atoms. The summed E-state index contributed by atoms with van der Waals surface area (Å²) in [6.45, 7) is 12.3. The van der Waals surface area contributed by atoms with Crippen molar-refractivity contribution in [2.45, 2.75) is 39.5 Å². The summed E-state index contributed by atoms with van der Waals surface area (Å²) in [4.78, 5) is 16.4. The van der Waals surface area contributed by atoms with Crippen LogP contribution in [-0.2, 0) is 0 Å². The van der Waals surface area contributed by atoms with Crippen molar-refractivity contribution in [1.82, 2.24) is 15.1 Å². The fourth-order valence-corrected chi connectivity index (χ4v) is 3.52. The van der Waals surface area contributed by atoms with Crippen molar-refractivity contribution < 1.29 is 13.6 Å². The molecule has 1 aromatic rings. The van der Waals surface area contributed by atoms with Crippen LogP contribution in [-0.4, -0.2) is 61.4 Å². The molecule has 0 radical (unpaired) electrons.